The quantitative estimate of drug-likeness (QED) is 0.550. The van der Waals surface area contributed by atoms with E-state index in [0.29, 0.717) is 16.9 Å². The molecular weight excluding hydrogens is 338 g/mol. The van der Waals surface area contributed by atoms with Crippen LogP contribution >= 0.6 is 11.3 Å². The molecule has 126 valence electrons. The zero-order chi connectivity index (χ0) is 17.8. The first kappa shape index (κ1) is 16.8. The predicted octanol–water partition coefficient (Wildman–Crippen LogP) is 4.21. The number of amides is 1. The predicted molar refractivity (Wildman–Crippen MR) is 97.7 cm³/mol. The van der Waals surface area contributed by atoms with Crippen LogP contribution in [0.4, 0.5) is 11.4 Å². The summed E-state index contributed by atoms with van der Waals surface area (Å²) in [5.41, 5.74) is 2.62. The Balaban J connectivity index is 1.68. The van der Waals surface area contributed by atoms with Crippen LogP contribution in [0.15, 0.2) is 53.9 Å². The van der Waals surface area contributed by atoms with E-state index < -0.39 is 4.92 Å². The molecule has 6 nitrogen and oxygen atoms in total. The van der Waals surface area contributed by atoms with Crippen LogP contribution < -0.4 is 5.32 Å². The lowest BCUT2D eigenvalue weighted by Gasteiger charge is -2.05. The lowest BCUT2D eigenvalue weighted by Crippen LogP contribution is -2.14. The number of nitro groups is 1. The van der Waals surface area contributed by atoms with Crippen LogP contribution in [0.5, 0.6) is 0 Å². The highest BCUT2D eigenvalue weighted by molar-refractivity contribution is 7.13. The molecule has 1 aromatic heterocycles. The molecule has 7 heteroatoms. The van der Waals surface area contributed by atoms with E-state index in [1.807, 2.05) is 35.7 Å². The Hall–Kier alpha value is -3.06. The first-order chi connectivity index (χ1) is 12.0. The van der Waals surface area contributed by atoms with Crippen molar-refractivity contribution in [3.63, 3.8) is 0 Å². The summed E-state index contributed by atoms with van der Waals surface area (Å²) >= 11 is 1.48. The Morgan fingerprint density at radius 2 is 2.00 bits per heavy atom. The van der Waals surface area contributed by atoms with Gasteiger partial charge in [0.1, 0.15) is 5.01 Å². The number of rotatable bonds is 5. The third-order valence-corrected chi connectivity index (χ3v) is 4.54. The molecule has 0 bridgehead atoms. The van der Waals surface area contributed by atoms with Crippen molar-refractivity contribution in [2.45, 2.75) is 13.3 Å². The molecule has 3 rings (SSSR count). The third kappa shape index (κ3) is 4.07. The number of carbonyl (C=O) groups is 1. The van der Waals surface area contributed by atoms with Gasteiger partial charge in [-0.3, -0.25) is 14.9 Å². The molecule has 0 aliphatic heterocycles. The fraction of sp³-hybridized carbons (Fsp3) is 0.111. The van der Waals surface area contributed by atoms with Crippen LogP contribution in [0.1, 0.15) is 11.3 Å². The number of aromatic nitrogens is 1. The van der Waals surface area contributed by atoms with Gasteiger partial charge in [-0.05, 0) is 13.0 Å². The molecule has 25 heavy (non-hydrogen) atoms. The molecule has 1 amide bonds. The third-order valence-electron chi connectivity index (χ3n) is 3.60. The smallest absolute Gasteiger partial charge is 0.274 e. The molecule has 0 aliphatic carbocycles. The number of benzene rings is 2. The summed E-state index contributed by atoms with van der Waals surface area (Å²) in [6.45, 7) is 1.66. The second kappa shape index (κ2) is 7.23. The Bertz CT molecular complexity index is 922. The van der Waals surface area contributed by atoms with E-state index in [1.165, 1.54) is 17.4 Å². The second-order valence-electron chi connectivity index (χ2n) is 5.49. The fourth-order valence-corrected chi connectivity index (χ4v) is 3.18. The number of anilines is 1. The van der Waals surface area contributed by atoms with Crippen molar-refractivity contribution in [1.82, 2.24) is 4.98 Å². The zero-order valence-corrected chi connectivity index (χ0v) is 14.2. The molecule has 0 saturated carbocycles. The number of nitrogens with one attached hydrogen (secondary N) is 1. The summed E-state index contributed by atoms with van der Waals surface area (Å²) in [5.74, 6) is -0.261. The van der Waals surface area contributed by atoms with Crippen LogP contribution in [0.25, 0.3) is 10.6 Å². The van der Waals surface area contributed by atoms with E-state index in [-0.39, 0.29) is 18.0 Å². The summed E-state index contributed by atoms with van der Waals surface area (Å²) in [6.07, 6.45) is 0.116. The van der Waals surface area contributed by atoms with Crippen molar-refractivity contribution in [1.29, 1.82) is 0 Å². The number of hydrogen-bond acceptors (Lipinski definition) is 5. The van der Waals surface area contributed by atoms with Gasteiger partial charge in [0.05, 0.1) is 17.0 Å². The monoisotopic (exact) mass is 353 g/mol. The van der Waals surface area contributed by atoms with Gasteiger partial charge < -0.3 is 5.32 Å². The highest BCUT2D eigenvalue weighted by Crippen LogP contribution is 2.24. The minimum absolute atomic E-state index is 0.0159. The van der Waals surface area contributed by atoms with Gasteiger partial charge in [-0.2, -0.15) is 0 Å². The number of thiazole rings is 1. The van der Waals surface area contributed by atoms with E-state index in [4.69, 9.17) is 0 Å². The highest BCUT2D eigenvalue weighted by Gasteiger charge is 2.13. The van der Waals surface area contributed by atoms with Gasteiger partial charge in [-0.1, -0.05) is 36.4 Å². The highest BCUT2D eigenvalue weighted by atomic mass is 32.1. The first-order valence-corrected chi connectivity index (χ1v) is 8.45. The molecule has 0 atom stereocenters. The molecule has 0 radical (unpaired) electrons. The minimum Gasteiger partial charge on any atom is -0.325 e. The van der Waals surface area contributed by atoms with Crippen molar-refractivity contribution >= 4 is 28.6 Å². The molecule has 1 heterocycles. The van der Waals surface area contributed by atoms with Gasteiger partial charge in [0.25, 0.3) is 5.69 Å². The van der Waals surface area contributed by atoms with Crippen LogP contribution in [-0.2, 0) is 11.2 Å². The number of nitro benzene ring substituents is 1. The summed E-state index contributed by atoms with van der Waals surface area (Å²) in [5, 5.41) is 16.4. The molecule has 0 fully saturated rings. The van der Waals surface area contributed by atoms with E-state index in [0.717, 1.165) is 10.6 Å². The normalized spacial score (nSPS) is 10.4. The topological polar surface area (TPSA) is 85.1 Å². The minimum atomic E-state index is -0.461. The largest absolute Gasteiger partial charge is 0.325 e. The SMILES string of the molecule is Cc1ccc(NC(=O)Cc2csc(-c3ccccc3)n2)cc1[N+](=O)[O-]. The molecule has 0 spiro atoms. The van der Waals surface area contributed by atoms with Gasteiger partial charge in [0.2, 0.25) is 5.91 Å². The summed E-state index contributed by atoms with van der Waals surface area (Å²) in [4.78, 5) is 27.2. The maximum Gasteiger partial charge on any atom is 0.274 e. The number of hydrogen-bond donors (Lipinski definition) is 1. The second-order valence-corrected chi connectivity index (χ2v) is 6.35. The Morgan fingerprint density at radius 1 is 1.24 bits per heavy atom. The molecule has 1 N–H and O–H groups in total. The van der Waals surface area contributed by atoms with E-state index in [2.05, 4.69) is 10.3 Å². The lowest BCUT2D eigenvalue weighted by molar-refractivity contribution is -0.385. The van der Waals surface area contributed by atoms with Gasteiger partial charge in [0.15, 0.2) is 0 Å². The molecular formula is C18H15N3O3S. The van der Waals surface area contributed by atoms with Crippen LogP contribution in [0.3, 0.4) is 0 Å². The molecule has 3 aromatic rings. The Kier molecular flexibility index (Phi) is 4.85. The number of aryl methyl sites for hydroxylation is 1. The number of nitrogens with zero attached hydrogens (tertiary/aromatic N) is 2. The van der Waals surface area contributed by atoms with Gasteiger partial charge in [0, 0.05) is 28.3 Å². The van der Waals surface area contributed by atoms with Crippen LogP contribution in [0, 0.1) is 17.0 Å². The maximum atomic E-state index is 12.2. The molecule has 0 aliphatic rings. The fourth-order valence-electron chi connectivity index (χ4n) is 2.36. The Labute approximate surface area is 148 Å². The van der Waals surface area contributed by atoms with E-state index in [9.17, 15) is 14.9 Å². The van der Waals surface area contributed by atoms with E-state index in [1.54, 1.807) is 19.1 Å². The Morgan fingerprint density at radius 3 is 2.72 bits per heavy atom. The standard InChI is InChI=1S/C18H15N3O3S/c1-12-7-8-14(9-16(12)21(23)24)19-17(22)10-15-11-25-18(20-15)13-5-3-2-4-6-13/h2-9,11H,10H2,1H3,(H,19,22). The average Bonchev–Trinajstić information content (AvgIpc) is 3.05. The van der Waals surface area contributed by atoms with Gasteiger partial charge in [-0.25, -0.2) is 4.98 Å². The van der Waals surface area contributed by atoms with Crippen molar-refractivity contribution < 1.29 is 9.72 Å². The summed E-state index contributed by atoms with van der Waals surface area (Å²) < 4.78 is 0. The number of carbonyl (C=O) groups excluding carboxylic acids is 1. The zero-order valence-electron chi connectivity index (χ0n) is 13.4. The lowest BCUT2D eigenvalue weighted by atomic mass is 10.2. The van der Waals surface area contributed by atoms with Crippen LogP contribution in [-0.4, -0.2) is 15.8 Å². The molecule has 2 aromatic carbocycles. The van der Waals surface area contributed by atoms with Crippen molar-refractivity contribution in [3.05, 3.63) is 75.3 Å². The maximum absolute atomic E-state index is 12.2. The summed E-state index contributed by atoms with van der Waals surface area (Å²) in [6, 6.07) is 14.4. The molecule has 0 saturated heterocycles. The first-order valence-electron chi connectivity index (χ1n) is 7.57. The average molecular weight is 353 g/mol. The van der Waals surface area contributed by atoms with Gasteiger partial charge >= 0.3 is 0 Å². The van der Waals surface area contributed by atoms with Crippen LogP contribution in [0.2, 0.25) is 0 Å². The van der Waals surface area contributed by atoms with Gasteiger partial charge in [-0.15, -0.1) is 11.3 Å². The van der Waals surface area contributed by atoms with Crippen molar-refractivity contribution in [2.24, 2.45) is 0 Å². The van der Waals surface area contributed by atoms with Crippen molar-refractivity contribution in [3.8, 4) is 10.6 Å². The summed E-state index contributed by atoms with van der Waals surface area (Å²) in [7, 11) is 0. The van der Waals surface area contributed by atoms with E-state index >= 15 is 0 Å². The molecule has 0 unspecified atom stereocenters. The van der Waals surface area contributed by atoms with Crippen molar-refractivity contribution in [2.75, 3.05) is 5.32 Å².